The third-order valence-electron chi connectivity index (χ3n) is 1.16. The van der Waals surface area contributed by atoms with Gasteiger partial charge in [0.25, 0.3) is 0 Å². The first-order valence-corrected chi connectivity index (χ1v) is 6.21. The zero-order chi connectivity index (χ0) is 6.69. The highest BCUT2D eigenvalue weighted by atomic mass is 32.2. The Morgan fingerprint density at radius 1 is 1.78 bits per heavy atom. The molecule has 0 aromatic rings. The molecule has 0 nitrogen and oxygen atoms in total. The lowest BCUT2D eigenvalue weighted by atomic mass is 10.6. The quantitative estimate of drug-likeness (QED) is 0.640. The van der Waals surface area contributed by atoms with Crippen LogP contribution in [0.3, 0.4) is 0 Å². The standard InChI is InChI=1S/C6H11S3/c1-5-8-4-6(9-5)3-7-2/h6H,3-4H2,1-2H3. The number of thioether (sulfide) groups is 3. The lowest BCUT2D eigenvalue weighted by molar-refractivity contribution is 1.17. The third kappa shape index (κ3) is 2.64. The molecule has 1 unspecified atom stereocenters. The maximum atomic E-state index is 2.22. The Hall–Kier alpha value is 1.05. The zero-order valence-electron chi connectivity index (χ0n) is 5.72. The van der Waals surface area contributed by atoms with E-state index in [0.29, 0.717) is 0 Å². The van der Waals surface area contributed by atoms with Crippen LogP contribution in [0, 0.1) is 4.58 Å². The van der Waals surface area contributed by atoms with Gasteiger partial charge in [0.15, 0.2) is 0 Å². The van der Waals surface area contributed by atoms with Crippen LogP contribution in [0.15, 0.2) is 0 Å². The Bertz CT molecular complexity index is 82.4. The number of rotatable bonds is 2. The predicted octanol–water partition coefficient (Wildman–Crippen LogP) is 2.71. The van der Waals surface area contributed by atoms with E-state index in [0.717, 1.165) is 5.25 Å². The number of hydrogen-bond acceptors (Lipinski definition) is 3. The zero-order valence-corrected chi connectivity index (χ0v) is 8.17. The minimum atomic E-state index is 0.894. The van der Waals surface area contributed by atoms with Crippen molar-refractivity contribution in [3.8, 4) is 0 Å². The molecule has 0 aromatic heterocycles. The molecule has 9 heavy (non-hydrogen) atoms. The summed E-state index contributed by atoms with van der Waals surface area (Å²) >= 11 is 6.01. The smallest absolute Gasteiger partial charge is 0.0821 e. The van der Waals surface area contributed by atoms with Gasteiger partial charge in [-0.1, -0.05) is 0 Å². The highest BCUT2D eigenvalue weighted by molar-refractivity contribution is 8.24. The largest absolute Gasteiger partial charge is 0.164 e. The second kappa shape index (κ2) is 4.04. The van der Waals surface area contributed by atoms with Crippen molar-refractivity contribution in [2.24, 2.45) is 0 Å². The molecule has 0 bridgehead atoms. The molecule has 0 N–H and O–H groups in total. The van der Waals surface area contributed by atoms with Crippen LogP contribution < -0.4 is 0 Å². The van der Waals surface area contributed by atoms with Gasteiger partial charge in [0.2, 0.25) is 0 Å². The van der Waals surface area contributed by atoms with Gasteiger partial charge >= 0.3 is 0 Å². The fraction of sp³-hybridized carbons (Fsp3) is 0.833. The molecule has 0 amide bonds. The topological polar surface area (TPSA) is 0 Å². The van der Waals surface area contributed by atoms with Crippen molar-refractivity contribution in [2.45, 2.75) is 12.2 Å². The predicted molar refractivity (Wildman–Crippen MR) is 51.1 cm³/mol. The molecule has 1 saturated heterocycles. The lowest BCUT2D eigenvalue weighted by Crippen LogP contribution is -2.02. The molecule has 1 radical (unpaired) electrons. The SMILES string of the molecule is CSCC1CS[C](C)S1. The van der Waals surface area contributed by atoms with Gasteiger partial charge in [0, 0.05) is 16.8 Å². The van der Waals surface area contributed by atoms with Gasteiger partial charge in [-0.05, 0) is 13.2 Å². The van der Waals surface area contributed by atoms with E-state index in [1.54, 1.807) is 4.58 Å². The van der Waals surface area contributed by atoms with E-state index < -0.39 is 0 Å². The molecule has 1 aliphatic heterocycles. The summed E-state index contributed by atoms with van der Waals surface area (Å²) in [7, 11) is 0. The van der Waals surface area contributed by atoms with Gasteiger partial charge < -0.3 is 0 Å². The monoisotopic (exact) mass is 179 g/mol. The Morgan fingerprint density at radius 2 is 2.56 bits per heavy atom. The van der Waals surface area contributed by atoms with Gasteiger partial charge in [0.05, 0.1) is 4.58 Å². The molecule has 1 fully saturated rings. The van der Waals surface area contributed by atoms with Gasteiger partial charge in [0.1, 0.15) is 0 Å². The molecule has 0 saturated carbocycles. The maximum absolute atomic E-state index is 2.22. The van der Waals surface area contributed by atoms with Crippen LogP contribution in [0.25, 0.3) is 0 Å². The minimum absolute atomic E-state index is 0.894. The number of hydrogen-bond donors (Lipinski definition) is 0. The molecule has 53 valence electrons. The van der Waals surface area contributed by atoms with Gasteiger partial charge in [-0.25, -0.2) is 0 Å². The molecule has 1 rings (SSSR count). The van der Waals surface area contributed by atoms with E-state index in [1.807, 2.05) is 35.3 Å². The second-order valence-corrected chi connectivity index (χ2v) is 5.92. The maximum Gasteiger partial charge on any atom is 0.0821 e. The van der Waals surface area contributed by atoms with Crippen LogP contribution in [-0.4, -0.2) is 23.0 Å². The van der Waals surface area contributed by atoms with Crippen molar-refractivity contribution in [3.05, 3.63) is 4.58 Å². The molecule has 0 aliphatic carbocycles. The Balaban J connectivity index is 2.14. The Labute approximate surface area is 69.9 Å². The van der Waals surface area contributed by atoms with E-state index in [1.165, 1.54) is 11.5 Å². The molecule has 1 aliphatic rings. The third-order valence-corrected chi connectivity index (χ3v) is 4.93. The molecule has 1 atom stereocenters. The molecule has 3 heteroatoms. The fourth-order valence-electron chi connectivity index (χ4n) is 0.781. The van der Waals surface area contributed by atoms with Crippen molar-refractivity contribution in [1.82, 2.24) is 0 Å². The van der Waals surface area contributed by atoms with Crippen LogP contribution in [0.4, 0.5) is 0 Å². The molecular formula is C6H11S3. The molecule has 0 aromatic carbocycles. The summed E-state index contributed by atoms with van der Waals surface area (Å²) in [5.74, 6) is 2.65. The average molecular weight is 179 g/mol. The van der Waals surface area contributed by atoms with E-state index in [2.05, 4.69) is 13.2 Å². The minimum Gasteiger partial charge on any atom is -0.164 e. The first-order valence-electron chi connectivity index (χ1n) is 2.95. The second-order valence-electron chi connectivity index (χ2n) is 2.00. The molecule has 0 spiro atoms. The van der Waals surface area contributed by atoms with Crippen LogP contribution in [0.5, 0.6) is 0 Å². The first kappa shape index (κ1) is 8.15. The summed E-state index contributed by atoms with van der Waals surface area (Å²) < 4.78 is 1.55. The van der Waals surface area contributed by atoms with E-state index in [-0.39, 0.29) is 0 Å². The average Bonchev–Trinajstić information content (AvgIpc) is 2.17. The van der Waals surface area contributed by atoms with Crippen LogP contribution in [0.2, 0.25) is 0 Å². The van der Waals surface area contributed by atoms with Crippen molar-refractivity contribution in [2.75, 3.05) is 17.8 Å². The fourth-order valence-corrected chi connectivity index (χ4v) is 4.47. The van der Waals surface area contributed by atoms with Gasteiger partial charge in [-0.15, -0.1) is 23.5 Å². The summed E-state index contributed by atoms with van der Waals surface area (Å²) in [6, 6.07) is 0. The van der Waals surface area contributed by atoms with E-state index in [9.17, 15) is 0 Å². The normalized spacial score (nSPS) is 29.3. The molecule has 1 heterocycles. The van der Waals surface area contributed by atoms with Crippen molar-refractivity contribution in [1.29, 1.82) is 0 Å². The van der Waals surface area contributed by atoms with E-state index >= 15 is 0 Å². The lowest BCUT2D eigenvalue weighted by Gasteiger charge is -2.03. The summed E-state index contributed by atoms with van der Waals surface area (Å²) in [4.78, 5) is 0. The Kier molecular flexibility index (Phi) is 3.66. The summed E-state index contributed by atoms with van der Waals surface area (Å²) in [5, 5.41) is 0.894. The first-order chi connectivity index (χ1) is 4.33. The van der Waals surface area contributed by atoms with Crippen LogP contribution >= 0.6 is 35.3 Å². The highest BCUT2D eigenvalue weighted by Crippen LogP contribution is 2.44. The van der Waals surface area contributed by atoms with Crippen LogP contribution in [-0.2, 0) is 0 Å². The van der Waals surface area contributed by atoms with Gasteiger partial charge in [-0.3, -0.25) is 0 Å². The van der Waals surface area contributed by atoms with Crippen molar-refractivity contribution >= 4 is 35.3 Å². The summed E-state index contributed by atoms with van der Waals surface area (Å²) in [6.45, 7) is 2.22. The molecular weight excluding hydrogens is 168 g/mol. The van der Waals surface area contributed by atoms with E-state index in [4.69, 9.17) is 0 Å². The Morgan fingerprint density at radius 3 is 3.00 bits per heavy atom. The highest BCUT2D eigenvalue weighted by Gasteiger charge is 2.22. The van der Waals surface area contributed by atoms with Crippen LogP contribution in [0.1, 0.15) is 6.92 Å². The van der Waals surface area contributed by atoms with Gasteiger partial charge in [-0.2, -0.15) is 11.8 Å². The van der Waals surface area contributed by atoms with Crippen molar-refractivity contribution in [3.63, 3.8) is 0 Å². The summed E-state index contributed by atoms with van der Waals surface area (Å²) in [6.07, 6.45) is 2.18. The summed E-state index contributed by atoms with van der Waals surface area (Å²) in [5.41, 5.74) is 0. The van der Waals surface area contributed by atoms with Crippen molar-refractivity contribution < 1.29 is 0 Å².